The molecule has 0 saturated heterocycles. The Morgan fingerprint density at radius 3 is 2.53 bits per heavy atom. The molecule has 0 aliphatic heterocycles. The van der Waals surface area contributed by atoms with Crippen molar-refractivity contribution < 1.29 is 4.79 Å². The van der Waals surface area contributed by atoms with Crippen molar-refractivity contribution in [3.05, 3.63) is 33.4 Å². The molecule has 6 heteroatoms. The molecule has 15 heavy (non-hydrogen) atoms. The first-order valence-electron chi connectivity index (χ1n) is 4.31. The Hall–Kier alpha value is -1.18. The van der Waals surface area contributed by atoms with Gasteiger partial charge >= 0.3 is 0 Å². The molecular weight excluding hydrogens is 307 g/mol. The summed E-state index contributed by atoms with van der Waals surface area (Å²) >= 11 is 2.10. The fourth-order valence-corrected chi connectivity index (χ4v) is 1.82. The normalized spacial score (nSPS) is 10.6. The molecule has 0 saturated carbocycles. The summed E-state index contributed by atoms with van der Waals surface area (Å²) in [5.74, 6) is -0.0486. The van der Waals surface area contributed by atoms with Gasteiger partial charge in [0, 0.05) is 20.3 Å². The zero-order valence-electron chi connectivity index (χ0n) is 8.31. The van der Waals surface area contributed by atoms with Crippen molar-refractivity contribution >= 4 is 28.4 Å². The van der Waals surface area contributed by atoms with Crippen LogP contribution in [-0.2, 0) is 14.1 Å². The highest BCUT2D eigenvalue weighted by molar-refractivity contribution is 14.1. The molecule has 0 fully saturated rings. The number of nitrogens with zero attached hydrogens (tertiary/aromatic N) is 4. The lowest BCUT2D eigenvalue weighted by molar-refractivity contribution is 0.102. The number of ketones is 1. The van der Waals surface area contributed by atoms with E-state index in [1.807, 2.05) is 7.05 Å². The van der Waals surface area contributed by atoms with Crippen molar-refractivity contribution in [2.45, 2.75) is 0 Å². The lowest BCUT2D eigenvalue weighted by Gasteiger charge is -1.99. The van der Waals surface area contributed by atoms with Crippen LogP contribution in [0.3, 0.4) is 0 Å². The highest BCUT2D eigenvalue weighted by Gasteiger charge is 2.18. The predicted molar refractivity (Wildman–Crippen MR) is 62.6 cm³/mol. The van der Waals surface area contributed by atoms with E-state index in [1.165, 1.54) is 0 Å². The first-order valence-corrected chi connectivity index (χ1v) is 5.39. The third kappa shape index (κ3) is 1.69. The highest BCUT2D eigenvalue weighted by atomic mass is 127. The van der Waals surface area contributed by atoms with E-state index in [0.717, 1.165) is 3.70 Å². The second-order valence-corrected chi connectivity index (χ2v) is 4.16. The van der Waals surface area contributed by atoms with E-state index in [2.05, 4.69) is 32.8 Å². The van der Waals surface area contributed by atoms with Crippen LogP contribution in [0.15, 0.2) is 18.5 Å². The topological polar surface area (TPSA) is 52.7 Å². The van der Waals surface area contributed by atoms with Crippen LogP contribution in [0.1, 0.15) is 16.1 Å². The molecule has 0 N–H and O–H groups in total. The second-order valence-electron chi connectivity index (χ2n) is 3.14. The fraction of sp³-hybridized carbons (Fsp3) is 0.222. The summed E-state index contributed by atoms with van der Waals surface area (Å²) < 4.78 is 4.06. The fourth-order valence-electron chi connectivity index (χ4n) is 1.31. The quantitative estimate of drug-likeness (QED) is 0.613. The number of aromatic nitrogens is 4. The van der Waals surface area contributed by atoms with Crippen molar-refractivity contribution in [1.29, 1.82) is 0 Å². The van der Waals surface area contributed by atoms with Gasteiger partial charge in [-0.3, -0.25) is 14.2 Å². The molecule has 78 valence electrons. The third-order valence-electron chi connectivity index (χ3n) is 2.16. The van der Waals surface area contributed by atoms with Crippen LogP contribution in [0.5, 0.6) is 0 Å². The minimum atomic E-state index is -0.0486. The van der Waals surface area contributed by atoms with Gasteiger partial charge in [0.05, 0.1) is 11.8 Å². The Kier molecular flexibility index (Phi) is 2.59. The Morgan fingerprint density at radius 1 is 1.33 bits per heavy atom. The molecule has 2 heterocycles. The smallest absolute Gasteiger partial charge is 0.215 e. The Balaban J connectivity index is 2.46. The minimum absolute atomic E-state index is 0.0486. The number of carbonyl (C=O) groups is 1. The first kappa shape index (κ1) is 10.3. The van der Waals surface area contributed by atoms with E-state index in [1.54, 1.807) is 34.9 Å². The average Bonchev–Trinajstić information content (AvgIpc) is 2.75. The molecule has 0 unspecified atom stereocenters. The molecule has 0 aliphatic rings. The summed E-state index contributed by atoms with van der Waals surface area (Å²) in [7, 11) is 3.55. The van der Waals surface area contributed by atoms with Crippen LogP contribution in [0.2, 0.25) is 0 Å². The summed E-state index contributed by atoms with van der Waals surface area (Å²) in [4.78, 5) is 12.0. The summed E-state index contributed by atoms with van der Waals surface area (Å²) in [6.07, 6.45) is 3.19. The first-order chi connectivity index (χ1) is 7.11. The van der Waals surface area contributed by atoms with Gasteiger partial charge in [0.2, 0.25) is 5.78 Å². The van der Waals surface area contributed by atoms with E-state index < -0.39 is 0 Å². The van der Waals surface area contributed by atoms with Crippen LogP contribution in [0, 0.1) is 3.70 Å². The van der Waals surface area contributed by atoms with Crippen LogP contribution in [0.4, 0.5) is 0 Å². The van der Waals surface area contributed by atoms with Gasteiger partial charge in [-0.15, -0.1) is 0 Å². The maximum Gasteiger partial charge on any atom is 0.215 e. The zero-order valence-corrected chi connectivity index (χ0v) is 10.5. The molecular formula is C9H9IN4O. The van der Waals surface area contributed by atoms with Gasteiger partial charge in [-0.1, -0.05) is 0 Å². The van der Waals surface area contributed by atoms with E-state index in [9.17, 15) is 4.79 Å². The molecule has 0 radical (unpaired) electrons. The lowest BCUT2D eigenvalue weighted by Crippen LogP contribution is -2.09. The van der Waals surface area contributed by atoms with E-state index in [-0.39, 0.29) is 5.78 Å². The number of hydrogen-bond acceptors (Lipinski definition) is 3. The molecule has 0 aliphatic carbocycles. The van der Waals surface area contributed by atoms with Gasteiger partial charge < -0.3 is 0 Å². The lowest BCUT2D eigenvalue weighted by atomic mass is 10.2. The molecule has 0 aromatic carbocycles. The maximum atomic E-state index is 12.0. The number of aryl methyl sites for hydroxylation is 2. The van der Waals surface area contributed by atoms with Crippen LogP contribution in [-0.4, -0.2) is 25.3 Å². The summed E-state index contributed by atoms with van der Waals surface area (Å²) in [5, 5.41) is 8.00. The predicted octanol–water partition coefficient (Wildman–Crippen LogP) is 0.989. The molecule has 0 spiro atoms. The third-order valence-corrected chi connectivity index (χ3v) is 3.44. The van der Waals surface area contributed by atoms with Crippen LogP contribution >= 0.6 is 22.6 Å². The zero-order chi connectivity index (χ0) is 11.0. The summed E-state index contributed by atoms with van der Waals surface area (Å²) in [6, 6.07) is 1.70. The van der Waals surface area contributed by atoms with Gasteiger partial charge in [0.1, 0.15) is 9.39 Å². The largest absolute Gasteiger partial charge is 0.287 e. The standard InChI is InChI=1S/C9H9IN4O/c1-13-7(3-4-11-13)8(15)6-5-12-14(2)9(6)10/h3-5H,1-2H3. The number of rotatable bonds is 2. The van der Waals surface area contributed by atoms with Crippen molar-refractivity contribution in [1.82, 2.24) is 19.6 Å². The molecule has 2 aromatic rings. The number of halogens is 1. The van der Waals surface area contributed by atoms with Gasteiger partial charge in [-0.25, -0.2) is 0 Å². The Bertz CT molecular complexity index is 514. The minimum Gasteiger partial charge on any atom is -0.287 e. The van der Waals surface area contributed by atoms with Gasteiger partial charge in [0.25, 0.3) is 0 Å². The molecule has 0 bridgehead atoms. The van der Waals surface area contributed by atoms with Crippen LogP contribution in [0.25, 0.3) is 0 Å². The van der Waals surface area contributed by atoms with E-state index >= 15 is 0 Å². The monoisotopic (exact) mass is 316 g/mol. The SMILES string of the molecule is Cn1nccc1C(=O)c1cnn(C)c1I. The summed E-state index contributed by atoms with van der Waals surface area (Å²) in [6.45, 7) is 0. The Morgan fingerprint density at radius 2 is 2.07 bits per heavy atom. The summed E-state index contributed by atoms with van der Waals surface area (Å²) in [5.41, 5.74) is 1.18. The van der Waals surface area contributed by atoms with Crippen LogP contribution < -0.4 is 0 Å². The van der Waals surface area contributed by atoms with Crippen molar-refractivity contribution in [2.75, 3.05) is 0 Å². The maximum absolute atomic E-state index is 12.0. The molecule has 2 rings (SSSR count). The Labute approximate surface area is 100 Å². The number of carbonyl (C=O) groups excluding carboxylic acids is 1. The number of hydrogen-bond donors (Lipinski definition) is 0. The molecule has 2 aromatic heterocycles. The second kappa shape index (κ2) is 3.76. The van der Waals surface area contributed by atoms with Gasteiger partial charge in [0.15, 0.2) is 0 Å². The van der Waals surface area contributed by atoms with Gasteiger partial charge in [-0.05, 0) is 28.7 Å². The van der Waals surface area contributed by atoms with E-state index in [4.69, 9.17) is 0 Å². The van der Waals surface area contributed by atoms with Crippen molar-refractivity contribution in [3.8, 4) is 0 Å². The van der Waals surface area contributed by atoms with Gasteiger partial charge in [-0.2, -0.15) is 10.2 Å². The molecule has 5 nitrogen and oxygen atoms in total. The molecule has 0 atom stereocenters. The highest BCUT2D eigenvalue weighted by Crippen LogP contribution is 2.14. The van der Waals surface area contributed by atoms with Crippen molar-refractivity contribution in [2.24, 2.45) is 14.1 Å². The van der Waals surface area contributed by atoms with E-state index in [0.29, 0.717) is 11.3 Å². The van der Waals surface area contributed by atoms with Crippen molar-refractivity contribution in [3.63, 3.8) is 0 Å². The molecule has 0 amide bonds. The average molecular weight is 316 g/mol.